The molecule has 0 spiro atoms. The lowest BCUT2D eigenvalue weighted by atomic mass is 10.1. The molecule has 1 atom stereocenters. The van der Waals surface area contributed by atoms with Crippen molar-refractivity contribution in [1.82, 2.24) is 0 Å². The summed E-state index contributed by atoms with van der Waals surface area (Å²) in [5.41, 5.74) is 3.92. The molecular formula is C15H13BrClN. The summed E-state index contributed by atoms with van der Waals surface area (Å²) >= 11 is 9.53. The lowest BCUT2D eigenvalue weighted by molar-refractivity contribution is 0.762. The van der Waals surface area contributed by atoms with Gasteiger partial charge in [0.1, 0.15) is 0 Å². The van der Waals surface area contributed by atoms with Crippen LogP contribution in [0, 0.1) is 0 Å². The van der Waals surface area contributed by atoms with Crippen LogP contribution in [0.25, 0.3) is 0 Å². The molecule has 0 aromatic heterocycles. The van der Waals surface area contributed by atoms with Crippen molar-refractivity contribution < 1.29 is 0 Å². The van der Waals surface area contributed by atoms with E-state index in [1.165, 1.54) is 11.1 Å². The smallest absolute Gasteiger partial charge is 0.0519 e. The number of halogens is 2. The van der Waals surface area contributed by atoms with E-state index in [4.69, 9.17) is 11.6 Å². The van der Waals surface area contributed by atoms with Gasteiger partial charge in [0.15, 0.2) is 0 Å². The molecule has 2 aromatic carbocycles. The molecule has 3 heteroatoms. The van der Waals surface area contributed by atoms with Gasteiger partial charge in [-0.1, -0.05) is 39.7 Å². The molecule has 1 aliphatic carbocycles. The van der Waals surface area contributed by atoms with Gasteiger partial charge in [-0.25, -0.2) is 0 Å². The van der Waals surface area contributed by atoms with Crippen LogP contribution in [0.15, 0.2) is 46.9 Å². The molecule has 18 heavy (non-hydrogen) atoms. The summed E-state index contributed by atoms with van der Waals surface area (Å²) in [5.74, 6) is 0. The van der Waals surface area contributed by atoms with Gasteiger partial charge in [-0.2, -0.15) is 0 Å². The minimum atomic E-state index is 0.395. The van der Waals surface area contributed by atoms with Crippen molar-refractivity contribution in [3.8, 4) is 0 Å². The maximum absolute atomic E-state index is 6.01. The van der Waals surface area contributed by atoms with Gasteiger partial charge in [0, 0.05) is 15.2 Å². The van der Waals surface area contributed by atoms with Crippen LogP contribution >= 0.6 is 27.5 Å². The quantitative estimate of drug-likeness (QED) is 0.801. The van der Waals surface area contributed by atoms with E-state index < -0.39 is 0 Å². The molecule has 2 aromatic rings. The van der Waals surface area contributed by atoms with E-state index in [0.717, 1.165) is 28.0 Å². The zero-order valence-electron chi connectivity index (χ0n) is 9.79. The number of aryl methyl sites for hydroxylation is 1. The minimum absolute atomic E-state index is 0.395. The SMILES string of the molecule is Clc1cccc(NC2CCc3cc(Br)ccc32)c1. The summed E-state index contributed by atoms with van der Waals surface area (Å²) in [6.07, 6.45) is 2.27. The first-order valence-electron chi connectivity index (χ1n) is 6.03. The van der Waals surface area contributed by atoms with Crippen molar-refractivity contribution in [2.75, 3.05) is 5.32 Å². The third-order valence-electron chi connectivity index (χ3n) is 3.35. The standard InChI is InChI=1S/C15H13BrClN/c16-11-5-6-14-10(8-11)4-7-15(14)18-13-3-1-2-12(17)9-13/h1-3,5-6,8-9,15,18H,4,7H2. The maximum atomic E-state index is 6.01. The molecule has 0 radical (unpaired) electrons. The summed E-state index contributed by atoms with van der Waals surface area (Å²) in [4.78, 5) is 0. The molecule has 0 bridgehead atoms. The first kappa shape index (κ1) is 12.1. The van der Waals surface area contributed by atoms with Crippen LogP contribution in [-0.2, 0) is 6.42 Å². The van der Waals surface area contributed by atoms with E-state index in [1.807, 2.05) is 18.2 Å². The van der Waals surface area contributed by atoms with Crippen LogP contribution in [0.1, 0.15) is 23.6 Å². The summed E-state index contributed by atoms with van der Waals surface area (Å²) in [6, 6.07) is 14.8. The molecule has 3 rings (SSSR count). The molecule has 0 aliphatic heterocycles. The highest BCUT2D eigenvalue weighted by molar-refractivity contribution is 9.10. The first-order valence-corrected chi connectivity index (χ1v) is 7.20. The second-order valence-electron chi connectivity index (χ2n) is 4.59. The Hall–Kier alpha value is -0.990. The Labute approximate surface area is 120 Å². The van der Waals surface area contributed by atoms with Crippen LogP contribution in [0.2, 0.25) is 5.02 Å². The lowest BCUT2D eigenvalue weighted by Gasteiger charge is -2.15. The Kier molecular flexibility index (Phi) is 3.31. The predicted octanol–water partition coefficient (Wildman–Crippen LogP) is 5.20. The lowest BCUT2D eigenvalue weighted by Crippen LogP contribution is -2.06. The van der Waals surface area contributed by atoms with Crippen molar-refractivity contribution >= 4 is 33.2 Å². The van der Waals surface area contributed by atoms with Crippen LogP contribution in [-0.4, -0.2) is 0 Å². The van der Waals surface area contributed by atoms with Crippen LogP contribution < -0.4 is 5.32 Å². The van der Waals surface area contributed by atoms with Crippen LogP contribution in [0.3, 0.4) is 0 Å². The molecule has 0 amide bonds. The number of hydrogen-bond donors (Lipinski definition) is 1. The summed E-state index contributed by atoms with van der Waals surface area (Å²) < 4.78 is 1.16. The molecule has 1 nitrogen and oxygen atoms in total. The zero-order chi connectivity index (χ0) is 12.5. The fourth-order valence-electron chi connectivity index (χ4n) is 2.52. The van der Waals surface area contributed by atoms with Gasteiger partial charge in [0.25, 0.3) is 0 Å². The van der Waals surface area contributed by atoms with E-state index >= 15 is 0 Å². The highest BCUT2D eigenvalue weighted by Gasteiger charge is 2.22. The number of fused-ring (bicyclic) bond motifs is 1. The maximum Gasteiger partial charge on any atom is 0.0519 e. The number of benzene rings is 2. The molecule has 0 heterocycles. The topological polar surface area (TPSA) is 12.0 Å². The summed E-state index contributed by atoms with van der Waals surface area (Å²) in [5, 5.41) is 4.33. The van der Waals surface area contributed by atoms with E-state index in [1.54, 1.807) is 0 Å². The van der Waals surface area contributed by atoms with E-state index in [0.29, 0.717) is 6.04 Å². The van der Waals surface area contributed by atoms with Gasteiger partial charge < -0.3 is 5.32 Å². The van der Waals surface area contributed by atoms with E-state index in [9.17, 15) is 0 Å². The Morgan fingerprint density at radius 2 is 2.06 bits per heavy atom. The second-order valence-corrected chi connectivity index (χ2v) is 5.94. The molecule has 0 fully saturated rings. The summed E-state index contributed by atoms with van der Waals surface area (Å²) in [6.45, 7) is 0. The Morgan fingerprint density at radius 1 is 1.17 bits per heavy atom. The third kappa shape index (κ3) is 2.40. The minimum Gasteiger partial charge on any atom is -0.378 e. The molecule has 1 N–H and O–H groups in total. The monoisotopic (exact) mass is 321 g/mol. The highest BCUT2D eigenvalue weighted by atomic mass is 79.9. The average Bonchev–Trinajstić information content (AvgIpc) is 2.72. The number of rotatable bonds is 2. The zero-order valence-corrected chi connectivity index (χ0v) is 12.1. The molecular weight excluding hydrogens is 310 g/mol. The molecule has 0 saturated carbocycles. The molecule has 1 unspecified atom stereocenters. The second kappa shape index (κ2) is 4.94. The largest absolute Gasteiger partial charge is 0.378 e. The molecule has 1 aliphatic rings. The van der Waals surface area contributed by atoms with Crippen LogP contribution in [0.5, 0.6) is 0 Å². The van der Waals surface area contributed by atoms with Crippen molar-refractivity contribution in [2.24, 2.45) is 0 Å². The van der Waals surface area contributed by atoms with Gasteiger partial charge in [0.05, 0.1) is 6.04 Å². The Balaban J connectivity index is 1.85. The third-order valence-corrected chi connectivity index (χ3v) is 4.08. The fourth-order valence-corrected chi connectivity index (χ4v) is 3.11. The van der Waals surface area contributed by atoms with Crippen LogP contribution in [0.4, 0.5) is 5.69 Å². The van der Waals surface area contributed by atoms with Crippen molar-refractivity contribution in [3.05, 3.63) is 63.1 Å². The normalized spacial score (nSPS) is 17.6. The number of anilines is 1. The number of nitrogens with one attached hydrogen (secondary N) is 1. The Morgan fingerprint density at radius 3 is 2.89 bits per heavy atom. The fraction of sp³-hybridized carbons (Fsp3) is 0.200. The molecule has 0 saturated heterocycles. The van der Waals surface area contributed by atoms with Gasteiger partial charge >= 0.3 is 0 Å². The van der Waals surface area contributed by atoms with E-state index in [-0.39, 0.29) is 0 Å². The number of hydrogen-bond acceptors (Lipinski definition) is 1. The van der Waals surface area contributed by atoms with Gasteiger partial charge in [-0.15, -0.1) is 0 Å². The van der Waals surface area contributed by atoms with Gasteiger partial charge in [-0.05, 0) is 54.3 Å². The average molecular weight is 323 g/mol. The van der Waals surface area contributed by atoms with E-state index in [2.05, 4.69) is 45.5 Å². The van der Waals surface area contributed by atoms with Gasteiger partial charge in [0.2, 0.25) is 0 Å². The van der Waals surface area contributed by atoms with Crippen molar-refractivity contribution in [2.45, 2.75) is 18.9 Å². The summed E-state index contributed by atoms with van der Waals surface area (Å²) in [7, 11) is 0. The van der Waals surface area contributed by atoms with Crippen molar-refractivity contribution in [3.63, 3.8) is 0 Å². The molecule has 92 valence electrons. The highest BCUT2D eigenvalue weighted by Crippen LogP contribution is 2.35. The Bertz CT molecular complexity index is 582. The first-order chi connectivity index (χ1) is 8.72. The van der Waals surface area contributed by atoms with Crippen molar-refractivity contribution in [1.29, 1.82) is 0 Å². The van der Waals surface area contributed by atoms with Gasteiger partial charge in [-0.3, -0.25) is 0 Å². The predicted molar refractivity (Wildman–Crippen MR) is 80.3 cm³/mol.